The number of carbonyl (C=O) groups excluding carboxylic acids is 3. The zero-order valence-electron chi connectivity index (χ0n) is 24.0. The molecular formula is C31H40FN3O5. The van der Waals surface area contributed by atoms with E-state index >= 15 is 4.39 Å². The molecule has 2 aliphatic rings. The van der Waals surface area contributed by atoms with Gasteiger partial charge in [0.15, 0.2) is 0 Å². The highest BCUT2D eigenvalue weighted by atomic mass is 19.1. The summed E-state index contributed by atoms with van der Waals surface area (Å²) in [4.78, 5) is 41.3. The molecule has 0 spiro atoms. The average molecular weight is 554 g/mol. The summed E-state index contributed by atoms with van der Waals surface area (Å²) in [5.74, 6) is -0.542. The van der Waals surface area contributed by atoms with Gasteiger partial charge in [-0.05, 0) is 77.3 Å². The maximum absolute atomic E-state index is 15.4. The number of piperidine rings is 1. The van der Waals surface area contributed by atoms with E-state index in [0.29, 0.717) is 38.2 Å². The molecule has 4 rings (SSSR count). The van der Waals surface area contributed by atoms with Crippen molar-refractivity contribution in [2.24, 2.45) is 0 Å². The number of aryl methyl sites for hydroxylation is 1. The maximum Gasteiger partial charge on any atom is 0.408 e. The lowest BCUT2D eigenvalue weighted by molar-refractivity contribution is -0.136. The fourth-order valence-electron chi connectivity index (χ4n) is 5.25. The zero-order valence-corrected chi connectivity index (χ0v) is 24.0. The van der Waals surface area contributed by atoms with Crippen LogP contribution in [0.25, 0.3) is 0 Å². The number of alkyl halides is 1. The number of hydrogen-bond donors (Lipinski definition) is 1. The summed E-state index contributed by atoms with van der Waals surface area (Å²) in [6, 6.07) is 13.8. The quantitative estimate of drug-likeness (QED) is 0.394. The van der Waals surface area contributed by atoms with Gasteiger partial charge >= 0.3 is 12.1 Å². The summed E-state index contributed by atoms with van der Waals surface area (Å²) in [6.45, 7) is 10.9. The van der Waals surface area contributed by atoms with Gasteiger partial charge in [0.1, 0.15) is 23.6 Å². The van der Waals surface area contributed by atoms with Gasteiger partial charge in [-0.1, -0.05) is 42.0 Å². The van der Waals surface area contributed by atoms with Gasteiger partial charge < -0.3 is 19.7 Å². The molecule has 2 saturated heterocycles. The van der Waals surface area contributed by atoms with Crippen LogP contribution in [0.5, 0.6) is 5.75 Å². The van der Waals surface area contributed by atoms with Crippen LogP contribution in [0.2, 0.25) is 0 Å². The van der Waals surface area contributed by atoms with E-state index in [1.807, 2.05) is 41.0 Å². The molecule has 4 atom stereocenters. The van der Waals surface area contributed by atoms with E-state index < -0.39 is 29.9 Å². The van der Waals surface area contributed by atoms with Crippen LogP contribution in [0.1, 0.15) is 63.1 Å². The van der Waals surface area contributed by atoms with Gasteiger partial charge in [-0.25, -0.2) is 14.0 Å². The molecule has 2 heterocycles. The van der Waals surface area contributed by atoms with Crippen LogP contribution >= 0.6 is 0 Å². The Kier molecular flexibility index (Phi) is 9.13. The summed E-state index contributed by atoms with van der Waals surface area (Å²) in [7, 11) is 0. The van der Waals surface area contributed by atoms with E-state index in [0.717, 1.165) is 11.1 Å². The Morgan fingerprint density at radius 2 is 1.73 bits per heavy atom. The Labute approximate surface area is 235 Å². The van der Waals surface area contributed by atoms with Crippen molar-refractivity contribution >= 4 is 18.0 Å². The fraction of sp³-hybridized carbons (Fsp3) is 0.516. The number of hydrogen-bond acceptors (Lipinski definition) is 6. The SMILES string of the molecule is Cc1ccc(CN2CC[C@@H](N3CC[C@@H](c4ccc(OC(=O)[C@H](C)NC(=O)OC(C)(C)C)cc4)[C@H](F)C3)C2=O)cc1. The molecule has 0 aliphatic carbocycles. The van der Waals surface area contributed by atoms with Gasteiger partial charge in [-0.15, -0.1) is 0 Å². The molecule has 0 bridgehead atoms. The number of rotatable bonds is 7. The molecule has 0 radical (unpaired) electrons. The third-order valence-electron chi connectivity index (χ3n) is 7.39. The second-order valence-electron chi connectivity index (χ2n) is 11.8. The largest absolute Gasteiger partial charge is 0.444 e. The average Bonchev–Trinajstić information content (AvgIpc) is 3.24. The minimum Gasteiger partial charge on any atom is -0.444 e. The number of nitrogens with zero attached hydrogens (tertiary/aromatic N) is 2. The summed E-state index contributed by atoms with van der Waals surface area (Å²) in [6.07, 6.45) is -0.507. The fourth-order valence-corrected chi connectivity index (χ4v) is 5.25. The van der Waals surface area contributed by atoms with Crippen molar-refractivity contribution in [3.05, 3.63) is 65.2 Å². The summed E-state index contributed by atoms with van der Waals surface area (Å²) in [5, 5.41) is 2.46. The molecule has 0 saturated carbocycles. The molecule has 40 heavy (non-hydrogen) atoms. The molecule has 2 aromatic carbocycles. The van der Waals surface area contributed by atoms with E-state index in [1.165, 1.54) is 12.5 Å². The third-order valence-corrected chi connectivity index (χ3v) is 7.39. The molecule has 216 valence electrons. The monoisotopic (exact) mass is 553 g/mol. The number of halogens is 1. The standard InChI is InChI=1S/C31H40FN3O5/c1-20-6-8-22(9-7-20)18-35-17-15-27(28(35)36)34-16-14-25(26(32)19-34)23-10-12-24(13-11-23)39-29(37)21(2)33-30(38)40-31(3,4)5/h6-13,21,25-27H,14-19H2,1-5H3,(H,33,38)/t21-,25-,26+,27+/m0/s1. The van der Waals surface area contributed by atoms with Crippen LogP contribution in [-0.2, 0) is 20.9 Å². The second kappa shape index (κ2) is 12.4. The number of alkyl carbamates (subject to hydrolysis) is 1. The van der Waals surface area contributed by atoms with E-state index in [4.69, 9.17) is 9.47 Å². The Balaban J connectivity index is 1.27. The predicted molar refractivity (Wildman–Crippen MR) is 150 cm³/mol. The Morgan fingerprint density at radius 1 is 1.05 bits per heavy atom. The van der Waals surface area contributed by atoms with Crippen molar-refractivity contribution in [3.8, 4) is 5.75 Å². The molecule has 0 aromatic heterocycles. The minimum atomic E-state index is -1.11. The molecule has 1 N–H and O–H groups in total. The highest BCUT2D eigenvalue weighted by molar-refractivity contribution is 5.84. The molecule has 2 aromatic rings. The van der Waals surface area contributed by atoms with Crippen molar-refractivity contribution in [3.63, 3.8) is 0 Å². The Morgan fingerprint density at radius 3 is 2.35 bits per heavy atom. The number of ether oxygens (including phenoxy) is 2. The van der Waals surface area contributed by atoms with Gasteiger partial charge in [-0.3, -0.25) is 9.69 Å². The van der Waals surface area contributed by atoms with Crippen LogP contribution in [0.15, 0.2) is 48.5 Å². The predicted octanol–water partition coefficient (Wildman–Crippen LogP) is 4.74. The van der Waals surface area contributed by atoms with Crippen LogP contribution in [0.3, 0.4) is 0 Å². The van der Waals surface area contributed by atoms with E-state index in [-0.39, 0.29) is 24.4 Å². The number of carbonyl (C=O) groups is 3. The Hall–Kier alpha value is -3.46. The minimum absolute atomic E-state index is 0.0766. The highest BCUT2D eigenvalue weighted by Crippen LogP contribution is 2.34. The maximum atomic E-state index is 15.4. The topological polar surface area (TPSA) is 88.2 Å². The van der Waals surface area contributed by atoms with Crippen LogP contribution in [0.4, 0.5) is 9.18 Å². The molecule has 8 nitrogen and oxygen atoms in total. The third kappa shape index (κ3) is 7.59. The first kappa shape index (κ1) is 29.5. The molecular weight excluding hydrogens is 513 g/mol. The molecule has 0 unspecified atom stereocenters. The van der Waals surface area contributed by atoms with Crippen molar-refractivity contribution in [2.75, 3.05) is 19.6 Å². The zero-order chi connectivity index (χ0) is 29.0. The van der Waals surface area contributed by atoms with Crippen LogP contribution in [-0.4, -0.2) is 71.3 Å². The molecule has 2 fully saturated rings. The molecule has 9 heteroatoms. The van der Waals surface area contributed by atoms with Crippen molar-refractivity contribution in [2.45, 2.75) is 83.8 Å². The lowest BCUT2D eigenvalue weighted by Gasteiger charge is -2.37. The lowest BCUT2D eigenvalue weighted by Crippen LogP contribution is -2.49. The summed E-state index contributed by atoms with van der Waals surface area (Å²) in [5.41, 5.74) is 2.43. The molecule has 2 aliphatic heterocycles. The van der Waals surface area contributed by atoms with E-state index in [9.17, 15) is 14.4 Å². The first-order chi connectivity index (χ1) is 18.9. The van der Waals surface area contributed by atoms with Gasteiger partial charge in [0.05, 0.1) is 6.04 Å². The van der Waals surface area contributed by atoms with Crippen molar-refractivity contribution < 1.29 is 28.2 Å². The van der Waals surface area contributed by atoms with Crippen LogP contribution < -0.4 is 10.1 Å². The number of benzene rings is 2. The number of esters is 1. The van der Waals surface area contributed by atoms with Gasteiger partial charge in [0.25, 0.3) is 0 Å². The van der Waals surface area contributed by atoms with E-state index in [1.54, 1.807) is 45.0 Å². The lowest BCUT2D eigenvalue weighted by atomic mass is 9.87. The molecule has 2 amide bonds. The van der Waals surface area contributed by atoms with Crippen molar-refractivity contribution in [1.29, 1.82) is 0 Å². The van der Waals surface area contributed by atoms with E-state index in [2.05, 4.69) is 5.32 Å². The number of amides is 2. The smallest absolute Gasteiger partial charge is 0.408 e. The first-order valence-corrected chi connectivity index (χ1v) is 13.9. The second-order valence-corrected chi connectivity index (χ2v) is 11.8. The van der Waals surface area contributed by atoms with Gasteiger partial charge in [-0.2, -0.15) is 0 Å². The number of likely N-dealkylation sites (tertiary alicyclic amines) is 2. The Bertz CT molecular complexity index is 1190. The number of nitrogens with one attached hydrogen (secondary N) is 1. The van der Waals surface area contributed by atoms with Crippen molar-refractivity contribution in [1.82, 2.24) is 15.1 Å². The van der Waals surface area contributed by atoms with Gasteiger partial charge in [0.2, 0.25) is 5.91 Å². The highest BCUT2D eigenvalue weighted by Gasteiger charge is 2.40. The summed E-state index contributed by atoms with van der Waals surface area (Å²) < 4.78 is 25.9. The normalized spacial score (nSPS) is 22.6. The van der Waals surface area contributed by atoms with Crippen LogP contribution in [0, 0.1) is 6.92 Å². The van der Waals surface area contributed by atoms with Gasteiger partial charge in [0, 0.05) is 25.6 Å². The first-order valence-electron chi connectivity index (χ1n) is 13.9. The summed E-state index contributed by atoms with van der Waals surface area (Å²) >= 11 is 0.